The summed E-state index contributed by atoms with van der Waals surface area (Å²) >= 11 is 0. The van der Waals surface area contributed by atoms with Gasteiger partial charge in [0.2, 0.25) is 11.8 Å². The molecule has 5 rings (SSSR count). The Morgan fingerprint density at radius 3 is 2.06 bits per heavy atom. The Morgan fingerprint density at radius 1 is 0.875 bits per heavy atom. The van der Waals surface area contributed by atoms with Gasteiger partial charge in [0.25, 0.3) is 0 Å². The van der Waals surface area contributed by atoms with Crippen LogP contribution in [0.4, 0.5) is 5.69 Å². The third kappa shape index (κ3) is 3.18. The van der Waals surface area contributed by atoms with Crippen LogP contribution in [0.3, 0.4) is 0 Å². The maximum Gasteiger partial charge on any atom is 0.338 e. The molecule has 0 unspecified atom stereocenters. The van der Waals surface area contributed by atoms with Crippen LogP contribution in [-0.4, -0.2) is 30.2 Å². The van der Waals surface area contributed by atoms with Gasteiger partial charge in [-0.05, 0) is 73.6 Å². The van der Waals surface area contributed by atoms with Crippen molar-refractivity contribution in [1.29, 1.82) is 0 Å². The second kappa shape index (κ2) is 7.55. The highest BCUT2D eigenvalue weighted by molar-refractivity contribution is 6.22. The van der Waals surface area contributed by atoms with E-state index in [2.05, 4.69) is 12.2 Å². The van der Waals surface area contributed by atoms with Crippen LogP contribution < -0.4 is 4.90 Å². The van der Waals surface area contributed by atoms with E-state index < -0.39 is 5.97 Å². The molecule has 6 heteroatoms. The number of hydrogen-bond acceptors (Lipinski definition) is 5. The highest BCUT2D eigenvalue weighted by Crippen LogP contribution is 2.53. The molecule has 2 bridgehead atoms. The van der Waals surface area contributed by atoms with Crippen molar-refractivity contribution in [2.75, 3.05) is 11.5 Å². The molecular weight excluding hydrogens is 406 g/mol. The summed E-state index contributed by atoms with van der Waals surface area (Å²) < 4.78 is 5.17. The number of carbonyl (C=O) groups excluding carboxylic acids is 4. The first-order valence-electron chi connectivity index (χ1n) is 10.8. The molecule has 4 atom stereocenters. The third-order valence-corrected chi connectivity index (χ3v) is 6.99. The van der Waals surface area contributed by atoms with Crippen molar-refractivity contribution in [3.63, 3.8) is 0 Å². The van der Waals surface area contributed by atoms with Gasteiger partial charge in [-0.1, -0.05) is 24.3 Å². The van der Waals surface area contributed by atoms with Crippen LogP contribution in [0.15, 0.2) is 54.6 Å². The van der Waals surface area contributed by atoms with E-state index in [4.69, 9.17) is 4.74 Å². The predicted octanol–water partition coefficient (Wildman–Crippen LogP) is 3.65. The molecule has 0 spiro atoms. The molecule has 2 amide bonds. The molecule has 2 aromatic rings. The van der Waals surface area contributed by atoms with Gasteiger partial charge in [-0.15, -0.1) is 0 Å². The SMILES string of the molecule is Cc1ccc(C(=O)COC(=O)c2ccc(N3C(=O)[C@@H]4[C@H](C3=O)[C@H]3C=C[C@H]4C3)cc2)cc1C. The molecule has 32 heavy (non-hydrogen) atoms. The minimum Gasteiger partial charge on any atom is -0.454 e. The predicted molar refractivity (Wildman–Crippen MR) is 117 cm³/mol. The van der Waals surface area contributed by atoms with E-state index in [1.54, 1.807) is 24.3 Å². The monoisotopic (exact) mass is 429 g/mol. The van der Waals surface area contributed by atoms with Crippen molar-refractivity contribution >= 4 is 29.3 Å². The fourth-order valence-corrected chi connectivity index (χ4v) is 5.12. The first-order chi connectivity index (χ1) is 15.3. The molecule has 1 aliphatic heterocycles. The van der Waals surface area contributed by atoms with E-state index in [-0.39, 0.29) is 53.4 Å². The van der Waals surface area contributed by atoms with Crippen LogP contribution in [0.2, 0.25) is 0 Å². The molecule has 0 N–H and O–H groups in total. The second-order valence-electron chi connectivity index (χ2n) is 8.86. The summed E-state index contributed by atoms with van der Waals surface area (Å²) in [7, 11) is 0. The number of carbonyl (C=O) groups is 4. The largest absolute Gasteiger partial charge is 0.454 e. The average molecular weight is 429 g/mol. The molecule has 1 heterocycles. The minimum atomic E-state index is -0.632. The molecule has 6 nitrogen and oxygen atoms in total. The smallest absolute Gasteiger partial charge is 0.338 e. The number of anilines is 1. The maximum atomic E-state index is 12.9. The summed E-state index contributed by atoms with van der Waals surface area (Å²) in [5, 5.41) is 0. The number of aryl methyl sites for hydroxylation is 2. The zero-order valence-corrected chi connectivity index (χ0v) is 17.9. The molecule has 1 saturated carbocycles. The van der Waals surface area contributed by atoms with E-state index in [1.807, 2.05) is 19.9 Å². The van der Waals surface area contributed by atoms with Gasteiger partial charge in [-0.25, -0.2) is 4.79 Å². The molecule has 2 fully saturated rings. The van der Waals surface area contributed by atoms with Gasteiger partial charge in [-0.3, -0.25) is 19.3 Å². The molecule has 162 valence electrons. The van der Waals surface area contributed by atoms with E-state index in [9.17, 15) is 19.2 Å². The van der Waals surface area contributed by atoms with Crippen LogP contribution in [0.25, 0.3) is 0 Å². The van der Waals surface area contributed by atoms with Gasteiger partial charge in [0.15, 0.2) is 12.4 Å². The highest BCUT2D eigenvalue weighted by Gasteiger charge is 2.59. The average Bonchev–Trinajstić information content (AvgIpc) is 3.47. The number of imide groups is 1. The van der Waals surface area contributed by atoms with E-state index in [0.717, 1.165) is 17.5 Å². The Labute approximate surface area is 185 Å². The Bertz CT molecular complexity index is 1150. The Hall–Kier alpha value is -3.54. The van der Waals surface area contributed by atoms with Crippen molar-refractivity contribution < 1.29 is 23.9 Å². The first-order valence-corrected chi connectivity index (χ1v) is 10.8. The molecule has 0 aromatic heterocycles. The number of ether oxygens (including phenoxy) is 1. The number of nitrogens with zero attached hydrogens (tertiary/aromatic N) is 1. The van der Waals surface area contributed by atoms with Crippen LogP contribution in [0.5, 0.6) is 0 Å². The Morgan fingerprint density at radius 2 is 1.47 bits per heavy atom. The molecule has 2 aliphatic carbocycles. The molecule has 1 saturated heterocycles. The normalized spacial score (nSPS) is 25.4. The number of allylic oxidation sites excluding steroid dienone is 2. The minimum absolute atomic E-state index is 0.149. The quantitative estimate of drug-likeness (QED) is 0.314. The molecule has 2 aromatic carbocycles. The standard InChI is InChI=1S/C26H23NO5/c1-14-3-4-17(11-15(14)2)21(28)13-32-26(31)16-7-9-20(10-8-16)27-24(29)22-18-5-6-19(12-18)23(22)25(27)30/h3-11,18-19,22-23H,12-13H2,1-2H3/t18-,19-,22-,23+/m0/s1. The Kier molecular flexibility index (Phi) is 4.81. The topological polar surface area (TPSA) is 80.8 Å². The molecule has 0 radical (unpaired) electrons. The third-order valence-electron chi connectivity index (χ3n) is 6.99. The Balaban J connectivity index is 1.24. The number of ketones is 1. The number of hydrogen-bond donors (Lipinski definition) is 0. The number of esters is 1. The number of Topliss-reactive ketones (excluding diaryl/α,β-unsaturated/α-hetero) is 1. The molecule has 3 aliphatic rings. The van der Waals surface area contributed by atoms with Gasteiger partial charge < -0.3 is 4.74 Å². The van der Waals surface area contributed by atoms with Crippen molar-refractivity contribution in [3.05, 3.63) is 76.9 Å². The summed E-state index contributed by atoms with van der Waals surface area (Å²) in [6.07, 6.45) is 4.99. The zero-order chi connectivity index (χ0) is 22.6. The summed E-state index contributed by atoms with van der Waals surface area (Å²) in [4.78, 5) is 51.8. The summed E-state index contributed by atoms with van der Waals surface area (Å²) in [5.41, 5.74) is 3.29. The van der Waals surface area contributed by atoms with E-state index in [1.165, 1.54) is 17.0 Å². The van der Waals surface area contributed by atoms with Crippen LogP contribution >= 0.6 is 0 Å². The maximum absolute atomic E-state index is 12.9. The lowest BCUT2D eigenvalue weighted by atomic mass is 9.85. The summed E-state index contributed by atoms with van der Waals surface area (Å²) in [5.74, 6) is -1.46. The fourth-order valence-electron chi connectivity index (χ4n) is 5.12. The van der Waals surface area contributed by atoms with Crippen molar-refractivity contribution in [3.8, 4) is 0 Å². The van der Waals surface area contributed by atoms with Gasteiger partial charge in [0, 0.05) is 5.56 Å². The summed E-state index contributed by atoms with van der Waals surface area (Å²) in [6.45, 7) is 3.53. The molecular formula is C26H23NO5. The zero-order valence-electron chi connectivity index (χ0n) is 17.9. The lowest BCUT2D eigenvalue weighted by Gasteiger charge is -2.17. The van der Waals surface area contributed by atoms with Crippen LogP contribution in [0, 0.1) is 37.5 Å². The number of rotatable bonds is 5. The lowest BCUT2D eigenvalue weighted by Crippen LogP contribution is -2.32. The van der Waals surface area contributed by atoms with Gasteiger partial charge >= 0.3 is 5.97 Å². The number of amides is 2. The van der Waals surface area contributed by atoms with E-state index in [0.29, 0.717) is 11.3 Å². The van der Waals surface area contributed by atoms with Gasteiger partial charge in [0.05, 0.1) is 23.1 Å². The van der Waals surface area contributed by atoms with Gasteiger partial charge in [0.1, 0.15) is 0 Å². The lowest BCUT2D eigenvalue weighted by molar-refractivity contribution is -0.123. The van der Waals surface area contributed by atoms with E-state index >= 15 is 0 Å². The van der Waals surface area contributed by atoms with Crippen molar-refractivity contribution in [2.24, 2.45) is 23.7 Å². The number of fused-ring (bicyclic) bond motifs is 5. The van der Waals surface area contributed by atoms with Gasteiger partial charge in [-0.2, -0.15) is 0 Å². The van der Waals surface area contributed by atoms with Crippen molar-refractivity contribution in [1.82, 2.24) is 0 Å². The highest BCUT2D eigenvalue weighted by atomic mass is 16.5. The van der Waals surface area contributed by atoms with Crippen LogP contribution in [0.1, 0.15) is 38.3 Å². The first kappa shape index (κ1) is 20.4. The second-order valence-corrected chi connectivity index (χ2v) is 8.86. The number of benzene rings is 2. The fraction of sp³-hybridized carbons (Fsp3) is 0.308. The van der Waals surface area contributed by atoms with Crippen LogP contribution in [-0.2, 0) is 14.3 Å². The van der Waals surface area contributed by atoms with Crippen molar-refractivity contribution in [2.45, 2.75) is 20.3 Å². The summed E-state index contributed by atoms with van der Waals surface area (Å²) in [6, 6.07) is 11.5.